The van der Waals surface area contributed by atoms with Gasteiger partial charge in [0, 0.05) is 0 Å². The van der Waals surface area contributed by atoms with Gasteiger partial charge in [0.15, 0.2) is 0 Å². The maximum absolute atomic E-state index is 11.3. The number of carbonyl (C=O) groups is 2. The molecule has 1 fully saturated rings. The first kappa shape index (κ1) is 12.8. The zero-order chi connectivity index (χ0) is 12.1. The minimum atomic E-state index is -0.879. The van der Waals surface area contributed by atoms with Crippen LogP contribution in [0.1, 0.15) is 20.3 Å². The maximum Gasteiger partial charge on any atom is 0.410 e. The second kappa shape index (κ2) is 5.69. The number of rotatable bonds is 5. The number of hydrogen-bond donors (Lipinski definition) is 1. The third-order valence-corrected chi connectivity index (χ3v) is 2.11. The maximum atomic E-state index is 11.3. The first-order chi connectivity index (χ1) is 7.49. The highest BCUT2D eigenvalue weighted by Gasteiger charge is 2.32. The minimum Gasteiger partial charge on any atom is -0.481 e. The van der Waals surface area contributed by atoms with Gasteiger partial charge in [-0.15, -0.1) is 0 Å². The molecule has 1 rings (SSSR count). The van der Waals surface area contributed by atoms with Crippen molar-refractivity contribution in [1.29, 1.82) is 0 Å². The molecule has 0 radical (unpaired) electrons. The molecule has 0 aromatic rings. The Morgan fingerprint density at radius 3 is 2.56 bits per heavy atom. The van der Waals surface area contributed by atoms with Gasteiger partial charge in [-0.2, -0.15) is 0 Å². The summed E-state index contributed by atoms with van der Waals surface area (Å²) in [4.78, 5) is 23.1. The van der Waals surface area contributed by atoms with E-state index in [2.05, 4.69) is 0 Å². The number of carbonyl (C=O) groups excluding carboxylic acids is 1. The second-order valence-corrected chi connectivity index (χ2v) is 3.97. The van der Waals surface area contributed by atoms with E-state index in [9.17, 15) is 9.59 Å². The smallest absolute Gasteiger partial charge is 0.410 e. The molecule has 1 N–H and O–H groups in total. The molecule has 0 aliphatic carbocycles. The summed E-state index contributed by atoms with van der Waals surface area (Å²) < 4.78 is 10.2. The molecule has 0 spiro atoms. The molecule has 1 heterocycles. The largest absolute Gasteiger partial charge is 0.481 e. The van der Waals surface area contributed by atoms with Crippen LogP contribution in [0.2, 0.25) is 0 Å². The highest BCUT2D eigenvalue weighted by molar-refractivity contribution is 5.69. The zero-order valence-electron chi connectivity index (χ0n) is 9.51. The molecular formula is C10H17NO5. The Hall–Kier alpha value is -1.30. The van der Waals surface area contributed by atoms with E-state index < -0.39 is 5.97 Å². The fraction of sp³-hybridized carbons (Fsp3) is 0.800. The lowest BCUT2D eigenvalue weighted by atomic mass is 10.2. The third-order valence-electron chi connectivity index (χ3n) is 2.11. The van der Waals surface area contributed by atoms with E-state index in [0.29, 0.717) is 13.1 Å². The average molecular weight is 231 g/mol. The molecule has 0 atom stereocenters. The molecular weight excluding hydrogens is 214 g/mol. The van der Waals surface area contributed by atoms with Crippen LogP contribution < -0.4 is 0 Å². The Morgan fingerprint density at radius 1 is 1.44 bits per heavy atom. The number of nitrogens with zero attached hydrogens (tertiary/aromatic N) is 1. The molecule has 0 bridgehead atoms. The summed E-state index contributed by atoms with van der Waals surface area (Å²) in [6.07, 6.45) is -0.529. The van der Waals surface area contributed by atoms with Crippen LogP contribution >= 0.6 is 0 Å². The predicted molar refractivity (Wildman–Crippen MR) is 55.2 cm³/mol. The SMILES string of the molecule is CC(C)OC(=O)N1CC(OCCC(=O)O)C1. The lowest BCUT2D eigenvalue weighted by Crippen LogP contribution is -2.55. The van der Waals surface area contributed by atoms with E-state index in [4.69, 9.17) is 14.6 Å². The van der Waals surface area contributed by atoms with Gasteiger partial charge < -0.3 is 19.5 Å². The molecule has 0 saturated carbocycles. The Morgan fingerprint density at radius 2 is 2.06 bits per heavy atom. The van der Waals surface area contributed by atoms with Gasteiger partial charge in [0.05, 0.1) is 38.3 Å². The summed E-state index contributed by atoms with van der Waals surface area (Å²) in [6, 6.07) is 0. The van der Waals surface area contributed by atoms with Gasteiger partial charge in [0.25, 0.3) is 0 Å². The molecule has 1 aliphatic rings. The van der Waals surface area contributed by atoms with Crippen LogP contribution in [0.25, 0.3) is 0 Å². The van der Waals surface area contributed by atoms with E-state index in [1.165, 1.54) is 4.90 Å². The second-order valence-electron chi connectivity index (χ2n) is 3.97. The first-order valence-electron chi connectivity index (χ1n) is 5.28. The van der Waals surface area contributed by atoms with Crippen molar-refractivity contribution in [3.05, 3.63) is 0 Å². The summed E-state index contributed by atoms with van der Waals surface area (Å²) >= 11 is 0. The normalized spacial score (nSPS) is 16.1. The zero-order valence-corrected chi connectivity index (χ0v) is 9.51. The predicted octanol–water partition coefficient (Wildman–Crippen LogP) is 0.707. The lowest BCUT2D eigenvalue weighted by Gasteiger charge is -2.38. The van der Waals surface area contributed by atoms with Gasteiger partial charge in [0.1, 0.15) is 0 Å². The third kappa shape index (κ3) is 4.06. The molecule has 1 saturated heterocycles. The van der Waals surface area contributed by atoms with E-state index >= 15 is 0 Å². The van der Waals surface area contributed by atoms with Crippen molar-refractivity contribution >= 4 is 12.1 Å². The number of likely N-dealkylation sites (tertiary alicyclic amines) is 1. The summed E-state index contributed by atoms with van der Waals surface area (Å²) in [6.45, 7) is 4.72. The van der Waals surface area contributed by atoms with Crippen molar-refractivity contribution < 1.29 is 24.2 Å². The molecule has 92 valence electrons. The standard InChI is InChI=1S/C10H17NO5/c1-7(2)16-10(14)11-5-8(6-11)15-4-3-9(12)13/h7-8H,3-6H2,1-2H3,(H,12,13). The summed E-state index contributed by atoms with van der Waals surface area (Å²) in [5, 5.41) is 8.39. The average Bonchev–Trinajstić information content (AvgIpc) is 2.06. The van der Waals surface area contributed by atoms with E-state index in [1.807, 2.05) is 0 Å². The van der Waals surface area contributed by atoms with Crippen molar-refractivity contribution in [3.8, 4) is 0 Å². The number of ether oxygens (including phenoxy) is 2. The van der Waals surface area contributed by atoms with E-state index in [-0.39, 0.29) is 31.3 Å². The number of carboxylic acid groups (broad SMARTS) is 1. The van der Waals surface area contributed by atoms with Crippen LogP contribution in [-0.2, 0) is 14.3 Å². The van der Waals surface area contributed by atoms with E-state index in [0.717, 1.165) is 0 Å². The first-order valence-corrected chi connectivity index (χ1v) is 5.28. The van der Waals surface area contributed by atoms with E-state index in [1.54, 1.807) is 13.8 Å². The minimum absolute atomic E-state index is 0.00700. The molecule has 6 heteroatoms. The molecule has 1 amide bonds. The molecule has 16 heavy (non-hydrogen) atoms. The molecule has 0 aromatic carbocycles. The monoisotopic (exact) mass is 231 g/mol. The fourth-order valence-corrected chi connectivity index (χ4v) is 1.28. The Labute approximate surface area is 94.1 Å². The van der Waals surface area contributed by atoms with Crippen molar-refractivity contribution in [1.82, 2.24) is 4.90 Å². The van der Waals surface area contributed by atoms with Gasteiger partial charge in [-0.1, -0.05) is 0 Å². The van der Waals surface area contributed by atoms with Crippen molar-refractivity contribution in [3.63, 3.8) is 0 Å². The Balaban J connectivity index is 2.08. The number of amides is 1. The number of aliphatic carboxylic acids is 1. The summed E-state index contributed by atoms with van der Waals surface area (Å²) in [5.41, 5.74) is 0. The quantitative estimate of drug-likeness (QED) is 0.754. The summed E-state index contributed by atoms with van der Waals surface area (Å²) in [5.74, 6) is -0.879. The molecule has 0 aromatic heterocycles. The van der Waals surface area contributed by atoms with Crippen molar-refractivity contribution in [2.24, 2.45) is 0 Å². The van der Waals surface area contributed by atoms with Crippen LogP contribution in [0.4, 0.5) is 4.79 Å². The van der Waals surface area contributed by atoms with Crippen molar-refractivity contribution in [2.75, 3.05) is 19.7 Å². The van der Waals surface area contributed by atoms with Gasteiger partial charge in [-0.3, -0.25) is 4.79 Å². The number of carboxylic acids is 1. The fourth-order valence-electron chi connectivity index (χ4n) is 1.28. The van der Waals surface area contributed by atoms with Crippen LogP contribution in [0.3, 0.4) is 0 Å². The van der Waals surface area contributed by atoms with Crippen LogP contribution in [0.15, 0.2) is 0 Å². The van der Waals surface area contributed by atoms with Gasteiger partial charge in [-0.05, 0) is 13.8 Å². The highest BCUT2D eigenvalue weighted by Crippen LogP contribution is 2.13. The molecule has 6 nitrogen and oxygen atoms in total. The van der Waals surface area contributed by atoms with Crippen LogP contribution in [0.5, 0.6) is 0 Å². The highest BCUT2D eigenvalue weighted by atomic mass is 16.6. The Kier molecular flexibility index (Phi) is 4.54. The number of hydrogen-bond acceptors (Lipinski definition) is 4. The van der Waals surface area contributed by atoms with Gasteiger partial charge in [-0.25, -0.2) is 4.79 Å². The Bertz CT molecular complexity index is 260. The topological polar surface area (TPSA) is 76.1 Å². The van der Waals surface area contributed by atoms with Gasteiger partial charge in [0.2, 0.25) is 0 Å². The van der Waals surface area contributed by atoms with Gasteiger partial charge >= 0.3 is 12.1 Å². The van der Waals surface area contributed by atoms with Crippen LogP contribution in [-0.4, -0.2) is 54.0 Å². The molecule has 0 unspecified atom stereocenters. The van der Waals surface area contributed by atoms with Crippen molar-refractivity contribution in [2.45, 2.75) is 32.5 Å². The lowest BCUT2D eigenvalue weighted by molar-refractivity contribution is -0.139. The van der Waals surface area contributed by atoms with Crippen LogP contribution in [0, 0.1) is 0 Å². The molecule has 1 aliphatic heterocycles. The summed E-state index contributed by atoms with van der Waals surface area (Å²) in [7, 11) is 0.